The number of benzene rings is 2. The number of nitrogens with zero attached hydrogens (tertiary/aromatic N) is 2. The van der Waals surface area contributed by atoms with Gasteiger partial charge in [0, 0.05) is 38.6 Å². The first-order chi connectivity index (χ1) is 12.7. The Morgan fingerprint density at radius 3 is 2.15 bits per heavy atom. The summed E-state index contributed by atoms with van der Waals surface area (Å²) in [6.45, 7) is 3.34. The molecule has 1 atom stereocenters. The Balaban J connectivity index is 1.46. The Morgan fingerprint density at radius 2 is 1.58 bits per heavy atom. The van der Waals surface area contributed by atoms with E-state index < -0.39 is 6.10 Å². The van der Waals surface area contributed by atoms with Crippen LogP contribution in [0.25, 0.3) is 0 Å². The van der Waals surface area contributed by atoms with Crippen LogP contribution < -0.4 is 0 Å². The number of piperidine rings is 1. The maximum absolute atomic E-state index is 11.6. The van der Waals surface area contributed by atoms with Crippen molar-refractivity contribution >= 4 is 6.41 Å². The van der Waals surface area contributed by atoms with Crippen molar-refractivity contribution in [1.29, 1.82) is 0 Å². The highest BCUT2D eigenvalue weighted by atomic mass is 16.3. The molecule has 1 heterocycles. The topological polar surface area (TPSA) is 43.8 Å². The van der Waals surface area contributed by atoms with Gasteiger partial charge in [0.2, 0.25) is 6.41 Å². The van der Waals surface area contributed by atoms with Gasteiger partial charge >= 0.3 is 0 Å². The van der Waals surface area contributed by atoms with Crippen LogP contribution >= 0.6 is 0 Å². The van der Waals surface area contributed by atoms with E-state index in [1.807, 2.05) is 36.4 Å². The van der Waals surface area contributed by atoms with Gasteiger partial charge in [-0.15, -0.1) is 0 Å². The summed E-state index contributed by atoms with van der Waals surface area (Å²) < 4.78 is 0. The molecule has 3 rings (SSSR count). The minimum Gasteiger partial charge on any atom is -0.391 e. The van der Waals surface area contributed by atoms with Gasteiger partial charge in [0.15, 0.2) is 0 Å². The molecule has 1 fully saturated rings. The van der Waals surface area contributed by atoms with Crippen LogP contribution in [-0.2, 0) is 17.8 Å². The first-order valence-corrected chi connectivity index (χ1v) is 9.44. The average Bonchev–Trinajstić information content (AvgIpc) is 2.68. The lowest BCUT2D eigenvalue weighted by Gasteiger charge is -2.37. The predicted molar refractivity (Wildman–Crippen MR) is 104 cm³/mol. The lowest BCUT2D eigenvalue weighted by molar-refractivity contribution is -0.122. The van der Waals surface area contributed by atoms with Gasteiger partial charge in [0.25, 0.3) is 0 Å². The van der Waals surface area contributed by atoms with Crippen LogP contribution in [0.4, 0.5) is 0 Å². The first kappa shape index (κ1) is 18.6. The van der Waals surface area contributed by atoms with E-state index in [0.29, 0.717) is 13.0 Å². The minimum absolute atomic E-state index is 0.227. The number of rotatable bonds is 8. The zero-order chi connectivity index (χ0) is 18.2. The average molecular weight is 352 g/mol. The quantitative estimate of drug-likeness (QED) is 0.743. The largest absolute Gasteiger partial charge is 0.391 e. The van der Waals surface area contributed by atoms with E-state index in [2.05, 4.69) is 29.2 Å². The molecule has 0 radical (unpaired) electrons. The SMILES string of the molecule is O=CN(CC(O)Cc1ccccc1)C1CCN(Cc2ccccc2)CC1. The number of hydrogen-bond acceptors (Lipinski definition) is 3. The van der Waals surface area contributed by atoms with Gasteiger partial charge in [-0.25, -0.2) is 0 Å². The molecule has 4 nitrogen and oxygen atoms in total. The van der Waals surface area contributed by atoms with E-state index in [1.165, 1.54) is 5.56 Å². The molecule has 0 saturated carbocycles. The maximum atomic E-state index is 11.6. The summed E-state index contributed by atoms with van der Waals surface area (Å²) in [5.74, 6) is 0. The molecule has 0 bridgehead atoms. The van der Waals surface area contributed by atoms with E-state index in [4.69, 9.17) is 0 Å². The molecular weight excluding hydrogens is 324 g/mol. The third-order valence-corrected chi connectivity index (χ3v) is 5.15. The summed E-state index contributed by atoms with van der Waals surface area (Å²) in [5.41, 5.74) is 2.43. The molecule has 138 valence electrons. The number of likely N-dealkylation sites (tertiary alicyclic amines) is 1. The van der Waals surface area contributed by atoms with Crippen LogP contribution in [0.3, 0.4) is 0 Å². The molecule has 1 amide bonds. The highest BCUT2D eigenvalue weighted by molar-refractivity contribution is 5.48. The summed E-state index contributed by atoms with van der Waals surface area (Å²) in [6, 6.07) is 20.7. The molecule has 0 aromatic heterocycles. The molecule has 26 heavy (non-hydrogen) atoms. The van der Waals surface area contributed by atoms with Crippen molar-refractivity contribution in [3.05, 3.63) is 71.8 Å². The summed E-state index contributed by atoms with van der Waals surface area (Å²) in [4.78, 5) is 15.8. The zero-order valence-corrected chi connectivity index (χ0v) is 15.2. The summed E-state index contributed by atoms with van der Waals surface area (Å²) in [5, 5.41) is 10.4. The molecular formula is C22H28N2O2. The third-order valence-electron chi connectivity index (χ3n) is 5.15. The van der Waals surface area contributed by atoms with Crippen molar-refractivity contribution in [3.8, 4) is 0 Å². The van der Waals surface area contributed by atoms with Crippen LogP contribution in [0.15, 0.2) is 60.7 Å². The molecule has 0 aliphatic carbocycles. The Labute approximate surface area is 156 Å². The highest BCUT2D eigenvalue weighted by Gasteiger charge is 2.25. The van der Waals surface area contributed by atoms with E-state index >= 15 is 0 Å². The molecule has 1 N–H and O–H groups in total. The minimum atomic E-state index is -0.523. The van der Waals surface area contributed by atoms with Gasteiger partial charge in [-0.1, -0.05) is 60.7 Å². The van der Waals surface area contributed by atoms with E-state index in [1.54, 1.807) is 4.90 Å². The molecule has 1 aliphatic heterocycles. The molecule has 1 unspecified atom stereocenters. The lowest BCUT2D eigenvalue weighted by Crippen LogP contribution is -2.46. The van der Waals surface area contributed by atoms with Gasteiger partial charge in [-0.2, -0.15) is 0 Å². The van der Waals surface area contributed by atoms with Crippen LogP contribution in [0.1, 0.15) is 24.0 Å². The maximum Gasteiger partial charge on any atom is 0.210 e. The molecule has 2 aromatic carbocycles. The van der Waals surface area contributed by atoms with Crippen LogP contribution in [0.5, 0.6) is 0 Å². The number of carbonyl (C=O) groups is 1. The van der Waals surface area contributed by atoms with Crippen molar-refractivity contribution in [2.75, 3.05) is 19.6 Å². The molecule has 2 aromatic rings. The predicted octanol–water partition coefficient (Wildman–Crippen LogP) is 2.71. The standard InChI is InChI=1S/C22H28N2O2/c25-18-24(17-22(26)15-19-7-3-1-4-8-19)21-11-13-23(14-12-21)16-20-9-5-2-6-10-20/h1-10,18,21-22,26H,11-17H2. The van der Waals surface area contributed by atoms with Crippen molar-refractivity contribution in [3.63, 3.8) is 0 Å². The fraction of sp³-hybridized carbons (Fsp3) is 0.409. The summed E-state index contributed by atoms with van der Waals surface area (Å²) in [7, 11) is 0. The second kappa shape index (κ2) is 9.51. The number of aliphatic hydroxyl groups excluding tert-OH is 1. The van der Waals surface area contributed by atoms with Crippen molar-refractivity contribution in [2.24, 2.45) is 0 Å². The van der Waals surface area contributed by atoms with Crippen LogP contribution in [0.2, 0.25) is 0 Å². The third kappa shape index (κ3) is 5.41. The zero-order valence-electron chi connectivity index (χ0n) is 15.2. The first-order valence-electron chi connectivity index (χ1n) is 9.44. The number of aliphatic hydroxyl groups is 1. The Kier molecular flexibility index (Phi) is 6.81. The highest BCUT2D eigenvalue weighted by Crippen LogP contribution is 2.18. The van der Waals surface area contributed by atoms with Crippen LogP contribution in [0, 0.1) is 0 Å². The van der Waals surface area contributed by atoms with Gasteiger partial charge in [0.1, 0.15) is 0 Å². The monoisotopic (exact) mass is 352 g/mol. The Morgan fingerprint density at radius 1 is 1.00 bits per heavy atom. The van der Waals surface area contributed by atoms with E-state index in [9.17, 15) is 9.90 Å². The molecule has 1 aliphatic rings. The fourth-order valence-corrected chi connectivity index (χ4v) is 3.72. The Hall–Kier alpha value is -2.17. The second-order valence-corrected chi connectivity index (χ2v) is 7.14. The van der Waals surface area contributed by atoms with Crippen LogP contribution in [-0.4, -0.2) is 53.1 Å². The number of hydrogen-bond donors (Lipinski definition) is 1. The Bertz CT molecular complexity index is 654. The van der Waals surface area contributed by atoms with Gasteiger partial charge in [0.05, 0.1) is 6.10 Å². The fourth-order valence-electron chi connectivity index (χ4n) is 3.72. The van der Waals surface area contributed by atoms with E-state index in [0.717, 1.165) is 44.4 Å². The lowest BCUT2D eigenvalue weighted by atomic mass is 10.0. The van der Waals surface area contributed by atoms with E-state index in [-0.39, 0.29) is 6.04 Å². The van der Waals surface area contributed by atoms with Crippen molar-refractivity contribution in [1.82, 2.24) is 9.80 Å². The van der Waals surface area contributed by atoms with Gasteiger partial charge in [-0.3, -0.25) is 9.69 Å². The smallest absolute Gasteiger partial charge is 0.210 e. The van der Waals surface area contributed by atoms with Gasteiger partial charge in [-0.05, 0) is 24.0 Å². The van der Waals surface area contributed by atoms with Gasteiger partial charge < -0.3 is 10.0 Å². The normalized spacial score (nSPS) is 17.0. The van der Waals surface area contributed by atoms with Crippen molar-refractivity contribution < 1.29 is 9.90 Å². The molecule has 4 heteroatoms. The molecule has 0 spiro atoms. The molecule has 1 saturated heterocycles. The van der Waals surface area contributed by atoms with Crippen molar-refractivity contribution in [2.45, 2.75) is 38.0 Å². The summed E-state index contributed by atoms with van der Waals surface area (Å²) >= 11 is 0. The number of amides is 1. The number of carbonyl (C=O) groups excluding carboxylic acids is 1. The second-order valence-electron chi connectivity index (χ2n) is 7.14. The summed E-state index contributed by atoms with van der Waals surface area (Å²) in [6.07, 6.45) is 2.89.